The van der Waals surface area contributed by atoms with Gasteiger partial charge in [-0.2, -0.15) is 0 Å². The molecule has 2 fully saturated rings. The summed E-state index contributed by atoms with van der Waals surface area (Å²) in [4.78, 5) is 26.9. The molecule has 0 spiro atoms. The Balaban J connectivity index is 1.71. The highest BCUT2D eigenvalue weighted by Crippen LogP contribution is 2.39. The third kappa shape index (κ3) is 3.47. The lowest BCUT2D eigenvalue weighted by Crippen LogP contribution is -2.52. The van der Waals surface area contributed by atoms with Crippen molar-refractivity contribution in [3.8, 4) is 0 Å². The number of likely N-dealkylation sites (tertiary alicyclic amines) is 1. The average molecular weight is 315 g/mol. The van der Waals surface area contributed by atoms with Crippen molar-refractivity contribution in [2.24, 2.45) is 11.8 Å². The zero-order valence-electron chi connectivity index (χ0n) is 13.7. The van der Waals surface area contributed by atoms with Crippen molar-refractivity contribution in [3.05, 3.63) is 35.9 Å². The lowest BCUT2D eigenvalue weighted by atomic mass is 9.71. The third-order valence-electron chi connectivity index (χ3n) is 5.42. The first-order valence-electron chi connectivity index (χ1n) is 8.61. The van der Waals surface area contributed by atoms with E-state index in [0.29, 0.717) is 18.5 Å². The molecular formula is C19H25NO3. The first kappa shape index (κ1) is 16.2. The van der Waals surface area contributed by atoms with Gasteiger partial charge in [-0.25, -0.2) is 0 Å². The number of carbonyl (C=O) groups excluding carboxylic acids is 2. The fourth-order valence-electron chi connectivity index (χ4n) is 4.33. The van der Waals surface area contributed by atoms with Crippen LogP contribution < -0.4 is 0 Å². The van der Waals surface area contributed by atoms with E-state index in [2.05, 4.69) is 4.90 Å². The molecule has 124 valence electrons. The van der Waals surface area contributed by atoms with Gasteiger partial charge in [-0.15, -0.1) is 0 Å². The summed E-state index contributed by atoms with van der Waals surface area (Å²) < 4.78 is 5.00. The molecule has 4 nitrogen and oxygen atoms in total. The molecule has 0 radical (unpaired) electrons. The minimum atomic E-state index is -0.0732. The molecule has 1 aromatic rings. The predicted octanol–water partition coefficient (Wildman–Crippen LogP) is 2.92. The standard InChI is InChI=1S/C19H25NO3/c1-23-19(22)16-9-5-11-17-15(16)10-6-12-20(17)13-18(21)14-7-3-2-4-8-14/h2-4,7-8,15-17H,5-6,9-13H2,1H3. The second-order valence-corrected chi connectivity index (χ2v) is 6.69. The summed E-state index contributed by atoms with van der Waals surface area (Å²) in [5.74, 6) is 0.448. The molecule has 2 aliphatic rings. The van der Waals surface area contributed by atoms with Gasteiger partial charge >= 0.3 is 5.97 Å². The first-order chi connectivity index (χ1) is 11.2. The molecule has 23 heavy (non-hydrogen) atoms. The van der Waals surface area contributed by atoms with E-state index in [-0.39, 0.29) is 17.7 Å². The Hall–Kier alpha value is -1.68. The van der Waals surface area contributed by atoms with Crippen molar-refractivity contribution < 1.29 is 14.3 Å². The maximum Gasteiger partial charge on any atom is 0.308 e. The summed E-state index contributed by atoms with van der Waals surface area (Å²) in [5.41, 5.74) is 0.773. The zero-order valence-corrected chi connectivity index (χ0v) is 13.7. The highest BCUT2D eigenvalue weighted by Gasteiger charge is 2.42. The molecule has 3 rings (SSSR count). The number of carbonyl (C=O) groups is 2. The van der Waals surface area contributed by atoms with E-state index in [9.17, 15) is 9.59 Å². The van der Waals surface area contributed by atoms with Crippen LogP contribution in [-0.2, 0) is 9.53 Å². The van der Waals surface area contributed by atoms with Crippen molar-refractivity contribution in [3.63, 3.8) is 0 Å². The van der Waals surface area contributed by atoms with E-state index in [1.807, 2.05) is 30.3 Å². The smallest absolute Gasteiger partial charge is 0.308 e. The molecule has 1 aliphatic carbocycles. The summed E-state index contributed by atoms with van der Waals surface area (Å²) >= 11 is 0. The van der Waals surface area contributed by atoms with Crippen molar-refractivity contribution >= 4 is 11.8 Å². The van der Waals surface area contributed by atoms with Crippen LogP contribution in [0.2, 0.25) is 0 Å². The Morgan fingerprint density at radius 1 is 1.13 bits per heavy atom. The summed E-state index contributed by atoms with van der Waals surface area (Å²) in [7, 11) is 1.48. The molecular weight excluding hydrogens is 290 g/mol. The molecule has 1 saturated carbocycles. The summed E-state index contributed by atoms with van der Waals surface area (Å²) in [6, 6.07) is 9.83. The van der Waals surface area contributed by atoms with E-state index >= 15 is 0 Å². The Morgan fingerprint density at radius 2 is 1.91 bits per heavy atom. The van der Waals surface area contributed by atoms with Gasteiger partial charge in [0, 0.05) is 11.6 Å². The molecule has 0 N–H and O–H groups in total. The normalized spacial score (nSPS) is 28.0. The topological polar surface area (TPSA) is 46.6 Å². The third-order valence-corrected chi connectivity index (χ3v) is 5.42. The Kier molecular flexibility index (Phi) is 5.11. The number of Topliss-reactive ketones (excluding diaryl/α,β-unsaturated/α-hetero) is 1. The van der Waals surface area contributed by atoms with Crippen molar-refractivity contribution in [1.82, 2.24) is 4.90 Å². The largest absolute Gasteiger partial charge is 0.469 e. The van der Waals surface area contributed by atoms with E-state index in [4.69, 9.17) is 4.74 Å². The predicted molar refractivity (Wildman–Crippen MR) is 88.2 cm³/mol. The monoisotopic (exact) mass is 315 g/mol. The van der Waals surface area contributed by atoms with Crippen LogP contribution in [0.25, 0.3) is 0 Å². The number of benzene rings is 1. The summed E-state index contributed by atoms with van der Waals surface area (Å²) in [6.07, 6.45) is 5.17. The van der Waals surface area contributed by atoms with Gasteiger partial charge in [0.2, 0.25) is 0 Å². The van der Waals surface area contributed by atoms with Crippen LogP contribution in [0.5, 0.6) is 0 Å². The molecule has 1 heterocycles. The Morgan fingerprint density at radius 3 is 2.65 bits per heavy atom. The summed E-state index contributed by atoms with van der Waals surface area (Å²) in [5, 5.41) is 0. The molecule has 0 amide bonds. The maximum atomic E-state index is 12.5. The highest BCUT2D eigenvalue weighted by atomic mass is 16.5. The van der Waals surface area contributed by atoms with Crippen LogP contribution in [-0.4, -0.2) is 42.9 Å². The van der Waals surface area contributed by atoms with Crippen LogP contribution in [0.4, 0.5) is 0 Å². The van der Waals surface area contributed by atoms with Crippen molar-refractivity contribution in [2.45, 2.75) is 38.1 Å². The molecule has 0 bridgehead atoms. The van der Waals surface area contributed by atoms with E-state index in [1.54, 1.807) is 0 Å². The number of methoxy groups -OCH3 is 1. The second kappa shape index (κ2) is 7.26. The Labute approximate surface area is 137 Å². The number of rotatable bonds is 4. The van der Waals surface area contributed by atoms with Crippen molar-refractivity contribution in [2.75, 3.05) is 20.2 Å². The van der Waals surface area contributed by atoms with Crippen LogP contribution in [0.3, 0.4) is 0 Å². The van der Waals surface area contributed by atoms with Gasteiger partial charge in [0.25, 0.3) is 0 Å². The number of ether oxygens (including phenoxy) is 1. The number of nitrogens with zero attached hydrogens (tertiary/aromatic N) is 1. The minimum absolute atomic E-state index is 0.00776. The second-order valence-electron chi connectivity index (χ2n) is 6.69. The SMILES string of the molecule is COC(=O)C1CCCC2C1CCCN2CC(=O)c1ccccc1. The number of hydrogen-bond donors (Lipinski definition) is 0. The number of hydrogen-bond acceptors (Lipinski definition) is 4. The number of fused-ring (bicyclic) bond motifs is 1. The fraction of sp³-hybridized carbons (Fsp3) is 0.579. The molecule has 3 atom stereocenters. The first-order valence-corrected chi connectivity index (χ1v) is 8.61. The van der Waals surface area contributed by atoms with Gasteiger partial charge in [0.1, 0.15) is 0 Å². The van der Waals surface area contributed by atoms with Gasteiger partial charge in [0.15, 0.2) is 5.78 Å². The highest BCUT2D eigenvalue weighted by molar-refractivity contribution is 5.97. The zero-order chi connectivity index (χ0) is 16.2. The molecule has 3 unspecified atom stereocenters. The minimum Gasteiger partial charge on any atom is -0.469 e. The molecule has 4 heteroatoms. The number of esters is 1. The summed E-state index contributed by atoms with van der Waals surface area (Å²) in [6.45, 7) is 1.41. The maximum absolute atomic E-state index is 12.5. The molecule has 0 aromatic heterocycles. The molecule has 1 aliphatic heterocycles. The average Bonchev–Trinajstić information content (AvgIpc) is 2.61. The van der Waals surface area contributed by atoms with Crippen LogP contribution in [0.1, 0.15) is 42.5 Å². The van der Waals surface area contributed by atoms with E-state index in [0.717, 1.165) is 44.2 Å². The van der Waals surface area contributed by atoms with E-state index < -0.39 is 0 Å². The quantitative estimate of drug-likeness (QED) is 0.633. The number of ketones is 1. The van der Waals surface area contributed by atoms with Gasteiger partial charge in [-0.05, 0) is 38.1 Å². The van der Waals surface area contributed by atoms with Gasteiger partial charge in [-0.1, -0.05) is 36.8 Å². The Bertz CT molecular complexity index is 557. The van der Waals surface area contributed by atoms with Gasteiger partial charge < -0.3 is 4.74 Å². The van der Waals surface area contributed by atoms with Gasteiger partial charge in [0.05, 0.1) is 19.6 Å². The van der Waals surface area contributed by atoms with Crippen LogP contribution >= 0.6 is 0 Å². The van der Waals surface area contributed by atoms with E-state index in [1.165, 1.54) is 7.11 Å². The van der Waals surface area contributed by atoms with Gasteiger partial charge in [-0.3, -0.25) is 14.5 Å². The van der Waals surface area contributed by atoms with Crippen LogP contribution in [0.15, 0.2) is 30.3 Å². The van der Waals surface area contributed by atoms with Crippen molar-refractivity contribution in [1.29, 1.82) is 0 Å². The molecule has 1 aromatic carbocycles. The lowest BCUT2D eigenvalue weighted by molar-refractivity contribution is -0.151. The van der Waals surface area contributed by atoms with Crippen LogP contribution in [0, 0.1) is 11.8 Å². The molecule has 1 saturated heterocycles. The lowest BCUT2D eigenvalue weighted by Gasteiger charge is -2.46. The number of piperidine rings is 1. The fourth-order valence-corrected chi connectivity index (χ4v) is 4.33.